The first kappa shape index (κ1) is 8.58. The fourth-order valence-electron chi connectivity index (χ4n) is 1.79. The molecule has 1 aliphatic carbocycles. The van der Waals surface area contributed by atoms with Gasteiger partial charge in [-0.15, -0.1) is 0 Å². The SMILES string of the molecule is [B]N1CCC(OC2CCC2)CC1. The molecule has 0 spiro atoms. The first-order valence-corrected chi connectivity index (χ1v) is 5.00. The van der Waals surface area contributed by atoms with Crippen LogP contribution in [-0.4, -0.2) is 38.1 Å². The molecule has 1 saturated carbocycles. The minimum atomic E-state index is 0.495. The first-order chi connectivity index (χ1) is 5.84. The highest BCUT2D eigenvalue weighted by Gasteiger charge is 2.24. The van der Waals surface area contributed by atoms with Crippen molar-refractivity contribution >= 4 is 7.98 Å². The molecule has 66 valence electrons. The lowest BCUT2D eigenvalue weighted by molar-refractivity contribution is -0.0674. The van der Waals surface area contributed by atoms with Crippen molar-refractivity contribution in [1.29, 1.82) is 0 Å². The van der Waals surface area contributed by atoms with Crippen molar-refractivity contribution in [1.82, 2.24) is 4.81 Å². The fraction of sp³-hybridized carbons (Fsp3) is 1.00. The Balaban J connectivity index is 1.67. The molecule has 0 unspecified atom stereocenters. The van der Waals surface area contributed by atoms with Gasteiger partial charge in [0.2, 0.25) is 0 Å². The molecule has 0 aromatic carbocycles. The van der Waals surface area contributed by atoms with E-state index in [-0.39, 0.29) is 0 Å². The van der Waals surface area contributed by atoms with Crippen LogP contribution < -0.4 is 0 Å². The van der Waals surface area contributed by atoms with Crippen molar-refractivity contribution in [3.05, 3.63) is 0 Å². The summed E-state index contributed by atoms with van der Waals surface area (Å²) >= 11 is 0. The maximum atomic E-state index is 5.89. The van der Waals surface area contributed by atoms with Crippen LogP contribution in [0.25, 0.3) is 0 Å². The molecule has 2 aliphatic rings. The van der Waals surface area contributed by atoms with E-state index >= 15 is 0 Å². The average molecular weight is 165 g/mol. The molecule has 1 saturated heterocycles. The zero-order chi connectivity index (χ0) is 8.39. The van der Waals surface area contributed by atoms with E-state index in [2.05, 4.69) is 0 Å². The highest BCUT2D eigenvalue weighted by molar-refractivity contribution is 6.04. The van der Waals surface area contributed by atoms with Gasteiger partial charge in [0.1, 0.15) is 0 Å². The van der Waals surface area contributed by atoms with E-state index in [0.29, 0.717) is 12.2 Å². The standard InChI is InChI=1S/C9H16BNO/c10-11-6-4-9(5-7-11)12-8-2-1-3-8/h8-9H,1-7H2. The van der Waals surface area contributed by atoms with Gasteiger partial charge in [0.25, 0.3) is 0 Å². The first-order valence-electron chi connectivity index (χ1n) is 5.00. The van der Waals surface area contributed by atoms with E-state index in [1.807, 2.05) is 4.81 Å². The number of hydrogen-bond acceptors (Lipinski definition) is 2. The molecule has 2 radical (unpaired) electrons. The summed E-state index contributed by atoms with van der Waals surface area (Å²) in [5.74, 6) is 0. The molecule has 0 amide bonds. The highest BCUT2D eigenvalue weighted by atomic mass is 16.5. The number of piperidine rings is 1. The van der Waals surface area contributed by atoms with Gasteiger partial charge in [-0.05, 0) is 45.2 Å². The van der Waals surface area contributed by atoms with E-state index < -0.39 is 0 Å². The lowest BCUT2D eigenvalue weighted by Gasteiger charge is -2.35. The second kappa shape index (κ2) is 3.80. The van der Waals surface area contributed by atoms with Crippen LogP contribution in [0.15, 0.2) is 0 Å². The summed E-state index contributed by atoms with van der Waals surface area (Å²) in [4.78, 5) is 1.89. The summed E-state index contributed by atoms with van der Waals surface area (Å²) in [5, 5.41) is 0. The monoisotopic (exact) mass is 165 g/mol. The lowest BCUT2D eigenvalue weighted by Crippen LogP contribution is -2.38. The number of nitrogens with zero attached hydrogens (tertiary/aromatic N) is 1. The lowest BCUT2D eigenvalue weighted by atomic mass is 9.95. The Labute approximate surface area is 75.7 Å². The Hall–Kier alpha value is -0.0151. The second-order valence-corrected chi connectivity index (χ2v) is 3.92. The normalized spacial score (nSPS) is 28.7. The molecule has 12 heavy (non-hydrogen) atoms. The van der Waals surface area contributed by atoms with Crippen LogP contribution in [0.1, 0.15) is 32.1 Å². The van der Waals surface area contributed by atoms with Gasteiger partial charge in [-0.3, -0.25) is 0 Å². The average Bonchev–Trinajstić information content (AvgIpc) is 2.00. The van der Waals surface area contributed by atoms with Gasteiger partial charge in [0, 0.05) is 0 Å². The third-order valence-corrected chi connectivity index (χ3v) is 2.91. The third kappa shape index (κ3) is 2.02. The van der Waals surface area contributed by atoms with Gasteiger partial charge in [-0.1, -0.05) is 0 Å². The summed E-state index contributed by atoms with van der Waals surface area (Å²) in [6.07, 6.45) is 7.24. The van der Waals surface area contributed by atoms with Gasteiger partial charge < -0.3 is 9.55 Å². The number of hydrogen-bond donors (Lipinski definition) is 0. The van der Waals surface area contributed by atoms with Gasteiger partial charge >= 0.3 is 0 Å². The maximum Gasteiger partial charge on any atom is 0.182 e. The Morgan fingerprint density at radius 2 is 1.58 bits per heavy atom. The summed E-state index contributed by atoms with van der Waals surface area (Å²) in [5.41, 5.74) is 0. The third-order valence-electron chi connectivity index (χ3n) is 2.91. The number of ether oxygens (including phenoxy) is 1. The van der Waals surface area contributed by atoms with Crippen LogP contribution in [0.5, 0.6) is 0 Å². The molecular formula is C9H16BNO. The van der Waals surface area contributed by atoms with Crippen LogP contribution in [0.3, 0.4) is 0 Å². The van der Waals surface area contributed by atoms with Crippen LogP contribution in [-0.2, 0) is 4.74 Å². The van der Waals surface area contributed by atoms with Crippen molar-refractivity contribution in [2.75, 3.05) is 13.1 Å². The molecule has 2 fully saturated rings. The highest BCUT2D eigenvalue weighted by Crippen LogP contribution is 2.25. The predicted molar refractivity (Wildman–Crippen MR) is 49.1 cm³/mol. The van der Waals surface area contributed by atoms with E-state index in [1.165, 1.54) is 19.3 Å². The zero-order valence-electron chi connectivity index (χ0n) is 7.54. The largest absolute Gasteiger partial charge is 0.375 e. The van der Waals surface area contributed by atoms with Crippen LogP contribution in [0, 0.1) is 0 Å². The summed E-state index contributed by atoms with van der Waals surface area (Å²) in [6, 6.07) is 0. The Morgan fingerprint density at radius 1 is 1.00 bits per heavy atom. The van der Waals surface area contributed by atoms with Crippen LogP contribution in [0.4, 0.5) is 0 Å². The molecule has 1 aliphatic heterocycles. The minimum Gasteiger partial charge on any atom is -0.375 e. The molecule has 0 N–H and O–H groups in total. The second-order valence-electron chi connectivity index (χ2n) is 3.92. The quantitative estimate of drug-likeness (QED) is 0.568. The Morgan fingerprint density at radius 3 is 2.08 bits per heavy atom. The van der Waals surface area contributed by atoms with E-state index in [9.17, 15) is 0 Å². The van der Waals surface area contributed by atoms with E-state index in [1.54, 1.807) is 0 Å². The van der Waals surface area contributed by atoms with E-state index in [0.717, 1.165) is 25.9 Å². The Bertz CT molecular complexity index is 141. The fourth-order valence-corrected chi connectivity index (χ4v) is 1.79. The molecule has 0 aromatic heterocycles. The molecule has 2 rings (SSSR count). The molecule has 2 nitrogen and oxygen atoms in total. The molecule has 0 bridgehead atoms. The summed E-state index contributed by atoms with van der Waals surface area (Å²) < 4.78 is 5.89. The maximum absolute atomic E-state index is 5.89. The zero-order valence-corrected chi connectivity index (χ0v) is 7.54. The van der Waals surface area contributed by atoms with Gasteiger partial charge in [0.15, 0.2) is 7.98 Å². The topological polar surface area (TPSA) is 12.5 Å². The summed E-state index contributed by atoms with van der Waals surface area (Å²) in [7, 11) is 5.65. The van der Waals surface area contributed by atoms with Crippen molar-refractivity contribution in [2.45, 2.75) is 44.3 Å². The molecule has 1 heterocycles. The van der Waals surface area contributed by atoms with Crippen molar-refractivity contribution in [3.8, 4) is 0 Å². The van der Waals surface area contributed by atoms with Crippen molar-refractivity contribution in [2.24, 2.45) is 0 Å². The van der Waals surface area contributed by atoms with Gasteiger partial charge in [-0.25, -0.2) is 0 Å². The molecule has 0 atom stereocenters. The summed E-state index contributed by atoms with van der Waals surface area (Å²) in [6.45, 7) is 1.99. The minimum absolute atomic E-state index is 0.495. The van der Waals surface area contributed by atoms with E-state index in [4.69, 9.17) is 12.7 Å². The molecule has 0 aromatic rings. The van der Waals surface area contributed by atoms with Crippen LogP contribution in [0.2, 0.25) is 0 Å². The number of rotatable bonds is 2. The van der Waals surface area contributed by atoms with Crippen LogP contribution >= 0.6 is 0 Å². The Kier molecular flexibility index (Phi) is 2.71. The molecule has 3 heteroatoms. The van der Waals surface area contributed by atoms with Gasteiger partial charge in [0.05, 0.1) is 12.2 Å². The molecular weight excluding hydrogens is 149 g/mol. The van der Waals surface area contributed by atoms with Crippen molar-refractivity contribution in [3.63, 3.8) is 0 Å². The van der Waals surface area contributed by atoms with Gasteiger partial charge in [-0.2, -0.15) is 0 Å². The van der Waals surface area contributed by atoms with Crippen molar-refractivity contribution < 1.29 is 4.74 Å². The predicted octanol–water partition coefficient (Wildman–Crippen LogP) is 1.10. The smallest absolute Gasteiger partial charge is 0.182 e.